The van der Waals surface area contributed by atoms with E-state index in [9.17, 15) is 4.79 Å². The van der Waals surface area contributed by atoms with Crippen molar-refractivity contribution in [2.24, 2.45) is 5.41 Å². The largest absolute Gasteiger partial charge is 0.378 e. The van der Waals surface area contributed by atoms with Crippen molar-refractivity contribution in [3.8, 4) is 0 Å². The minimum absolute atomic E-state index is 0.0121. The first kappa shape index (κ1) is 13.2. The molecule has 98 valence electrons. The van der Waals surface area contributed by atoms with E-state index in [0.717, 1.165) is 24.7 Å². The topological polar surface area (TPSA) is 50.4 Å². The minimum Gasteiger partial charge on any atom is -0.378 e. The van der Waals surface area contributed by atoms with Crippen molar-refractivity contribution >= 4 is 17.7 Å². The molecule has 0 aromatic carbocycles. The number of ether oxygens (including phenoxy) is 1. The van der Waals surface area contributed by atoms with Gasteiger partial charge in [0.15, 0.2) is 0 Å². The van der Waals surface area contributed by atoms with Crippen molar-refractivity contribution in [1.82, 2.24) is 10.6 Å². The fourth-order valence-electron chi connectivity index (χ4n) is 2.45. The van der Waals surface area contributed by atoms with Gasteiger partial charge in [0.2, 0.25) is 5.91 Å². The summed E-state index contributed by atoms with van der Waals surface area (Å²) in [5.41, 5.74) is 0.0530. The molecule has 1 heterocycles. The Balaban J connectivity index is 1.82. The van der Waals surface area contributed by atoms with Gasteiger partial charge >= 0.3 is 0 Å². The van der Waals surface area contributed by atoms with Gasteiger partial charge in [-0.3, -0.25) is 10.1 Å². The van der Waals surface area contributed by atoms with E-state index in [2.05, 4.69) is 24.5 Å². The fourth-order valence-corrected chi connectivity index (χ4v) is 3.39. The van der Waals surface area contributed by atoms with Gasteiger partial charge in [-0.05, 0) is 13.3 Å². The summed E-state index contributed by atoms with van der Waals surface area (Å²) in [6, 6.07) is 0.237. The molecule has 3 unspecified atom stereocenters. The first-order valence-electron chi connectivity index (χ1n) is 6.28. The fraction of sp³-hybridized carbons (Fsp3) is 0.917. The van der Waals surface area contributed by atoms with E-state index in [-0.39, 0.29) is 29.5 Å². The van der Waals surface area contributed by atoms with Crippen molar-refractivity contribution in [1.29, 1.82) is 0 Å². The molecular formula is C12H22N2O2S. The molecule has 2 N–H and O–H groups in total. The van der Waals surface area contributed by atoms with Crippen LogP contribution in [0.3, 0.4) is 0 Å². The van der Waals surface area contributed by atoms with E-state index >= 15 is 0 Å². The van der Waals surface area contributed by atoms with Crippen LogP contribution in [0, 0.1) is 5.41 Å². The van der Waals surface area contributed by atoms with Crippen LogP contribution in [0.25, 0.3) is 0 Å². The highest BCUT2D eigenvalue weighted by Gasteiger charge is 2.49. The lowest BCUT2D eigenvalue weighted by molar-refractivity contribution is -0.137. The zero-order chi connectivity index (χ0) is 12.5. The molecule has 0 aromatic rings. The Hall–Kier alpha value is -0.260. The Kier molecular flexibility index (Phi) is 4.00. The lowest BCUT2D eigenvalue weighted by Gasteiger charge is -2.51. The van der Waals surface area contributed by atoms with Gasteiger partial charge in [0.05, 0.1) is 12.1 Å². The molecule has 3 atom stereocenters. The third-order valence-corrected chi connectivity index (χ3v) is 4.83. The lowest BCUT2D eigenvalue weighted by atomic mass is 9.64. The third-order valence-electron chi connectivity index (χ3n) is 3.89. The molecular weight excluding hydrogens is 236 g/mol. The first-order chi connectivity index (χ1) is 8.05. The van der Waals surface area contributed by atoms with Crippen LogP contribution in [-0.4, -0.2) is 42.3 Å². The molecule has 0 radical (unpaired) electrons. The van der Waals surface area contributed by atoms with Crippen LogP contribution in [-0.2, 0) is 9.53 Å². The Morgan fingerprint density at radius 3 is 2.88 bits per heavy atom. The standard InChI is InChI=1S/C12H22N2O2S/c1-4-16-10-5-9(12(10,2)3)14-11(15)8-6-17-7-13-8/h8-10,13H,4-7H2,1-3H3,(H,14,15). The molecule has 2 aliphatic rings. The van der Waals surface area contributed by atoms with E-state index in [1.807, 2.05) is 6.92 Å². The maximum absolute atomic E-state index is 12.0. The average molecular weight is 258 g/mol. The summed E-state index contributed by atoms with van der Waals surface area (Å²) in [5.74, 6) is 1.91. The first-order valence-corrected chi connectivity index (χ1v) is 7.44. The van der Waals surface area contributed by atoms with Crippen LogP contribution in [0.4, 0.5) is 0 Å². The van der Waals surface area contributed by atoms with Gasteiger partial charge in [-0.15, -0.1) is 11.8 Å². The monoisotopic (exact) mass is 258 g/mol. The molecule has 1 saturated heterocycles. The highest BCUT2D eigenvalue weighted by molar-refractivity contribution is 7.99. The number of hydrogen-bond donors (Lipinski definition) is 2. The van der Waals surface area contributed by atoms with Crippen LogP contribution in [0.5, 0.6) is 0 Å². The van der Waals surface area contributed by atoms with Crippen LogP contribution in [0.2, 0.25) is 0 Å². The molecule has 0 bridgehead atoms. The van der Waals surface area contributed by atoms with E-state index < -0.39 is 0 Å². The molecule has 0 aromatic heterocycles. The van der Waals surface area contributed by atoms with E-state index in [0.29, 0.717) is 0 Å². The van der Waals surface area contributed by atoms with Gasteiger partial charge in [0, 0.05) is 29.7 Å². The Morgan fingerprint density at radius 1 is 1.59 bits per heavy atom. The number of nitrogens with one attached hydrogen (secondary N) is 2. The number of rotatable bonds is 4. The van der Waals surface area contributed by atoms with Crippen LogP contribution < -0.4 is 10.6 Å². The smallest absolute Gasteiger partial charge is 0.238 e. The number of amides is 1. The number of hydrogen-bond acceptors (Lipinski definition) is 4. The number of carbonyl (C=O) groups excluding carboxylic acids is 1. The number of carbonyl (C=O) groups is 1. The number of thioether (sulfide) groups is 1. The molecule has 1 aliphatic heterocycles. The molecule has 2 rings (SSSR count). The van der Waals surface area contributed by atoms with Crippen molar-refractivity contribution in [3.63, 3.8) is 0 Å². The maximum Gasteiger partial charge on any atom is 0.238 e. The normalized spacial score (nSPS) is 35.4. The van der Waals surface area contributed by atoms with Crippen LogP contribution >= 0.6 is 11.8 Å². The van der Waals surface area contributed by atoms with Gasteiger partial charge in [-0.1, -0.05) is 13.8 Å². The molecule has 17 heavy (non-hydrogen) atoms. The quantitative estimate of drug-likeness (QED) is 0.789. The van der Waals surface area contributed by atoms with Crippen LogP contribution in [0.15, 0.2) is 0 Å². The predicted molar refractivity (Wildman–Crippen MR) is 70.0 cm³/mol. The lowest BCUT2D eigenvalue weighted by Crippen LogP contribution is -2.63. The van der Waals surface area contributed by atoms with Gasteiger partial charge in [0.1, 0.15) is 0 Å². The van der Waals surface area contributed by atoms with Crippen molar-refractivity contribution in [2.75, 3.05) is 18.2 Å². The highest BCUT2D eigenvalue weighted by atomic mass is 32.2. The van der Waals surface area contributed by atoms with Crippen LogP contribution in [0.1, 0.15) is 27.2 Å². The Bertz CT molecular complexity index is 290. The summed E-state index contributed by atoms with van der Waals surface area (Å²) < 4.78 is 5.66. The second-order valence-corrected chi connectivity index (χ2v) is 6.36. The zero-order valence-electron chi connectivity index (χ0n) is 10.8. The minimum atomic E-state index is -0.0121. The van der Waals surface area contributed by atoms with Gasteiger partial charge < -0.3 is 10.1 Å². The van der Waals surface area contributed by atoms with Crippen molar-refractivity contribution in [2.45, 2.75) is 45.4 Å². The molecule has 4 nitrogen and oxygen atoms in total. The van der Waals surface area contributed by atoms with Crippen molar-refractivity contribution < 1.29 is 9.53 Å². The summed E-state index contributed by atoms with van der Waals surface area (Å²) >= 11 is 1.78. The Morgan fingerprint density at radius 2 is 2.35 bits per heavy atom. The second kappa shape index (κ2) is 5.16. The molecule has 1 aliphatic carbocycles. The SMILES string of the molecule is CCOC1CC(NC(=O)C2CSCN2)C1(C)C. The summed E-state index contributed by atoms with van der Waals surface area (Å²) in [4.78, 5) is 12.0. The molecule has 1 saturated carbocycles. The van der Waals surface area contributed by atoms with Crippen molar-refractivity contribution in [3.05, 3.63) is 0 Å². The predicted octanol–water partition coefficient (Wildman–Crippen LogP) is 0.969. The van der Waals surface area contributed by atoms with Gasteiger partial charge in [-0.25, -0.2) is 0 Å². The Labute approximate surface area is 107 Å². The maximum atomic E-state index is 12.0. The second-order valence-electron chi connectivity index (χ2n) is 5.33. The van der Waals surface area contributed by atoms with Gasteiger partial charge in [0.25, 0.3) is 0 Å². The third kappa shape index (κ3) is 2.61. The van der Waals surface area contributed by atoms with E-state index in [4.69, 9.17) is 4.74 Å². The average Bonchev–Trinajstić information content (AvgIpc) is 2.81. The zero-order valence-corrected chi connectivity index (χ0v) is 11.6. The summed E-state index contributed by atoms with van der Waals surface area (Å²) in [6.45, 7) is 7.09. The van der Waals surface area contributed by atoms with E-state index in [1.54, 1.807) is 11.8 Å². The van der Waals surface area contributed by atoms with Gasteiger partial charge in [-0.2, -0.15) is 0 Å². The summed E-state index contributed by atoms with van der Waals surface area (Å²) in [5, 5.41) is 6.34. The highest BCUT2D eigenvalue weighted by Crippen LogP contribution is 2.42. The molecule has 1 amide bonds. The van der Waals surface area contributed by atoms with E-state index in [1.165, 1.54) is 0 Å². The summed E-state index contributed by atoms with van der Waals surface area (Å²) in [6.07, 6.45) is 1.22. The molecule has 5 heteroatoms. The molecule has 2 fully saturated rings. The molecule has 0 spiro atoms. The summed E-state index contributed by atoms with van der Waals surface area (Å²) in [7, 11) is 0.